The maximum atomic E-state index is 11.2. The van der Waals surface area contributed by atoms with Crippen molar-refractivity contribution < 1.29 is 14.6 Å². The topological polar surface area (TPSA) is 72.3 Å². The van der Waals surface area contributed by atoms with Crippen molar-refractivity contribution in [2.24, 2.45) is 0 Å². The van der Waals surface area contributed by atoms with Crippen molar-refractivity contribution in [1.82, 2.24) is 9.36 Å². The molecule has 0 saturated carbocycles. The number of hydrogen-bond donors (Lipinski definition) is 1. The van der Waals surface area contributed by atoms with Gasteiger partial charge in [-0.25, -0.2) is 4.79 Å². The number of hydrogen-bond acceptors (Lipinski definition) is 5. The summed E-state index contributed by atoms with van der Waals surface area (Å²) in [4.78, 5) is 15.4. The van der Waals surface area contributed by atoms with E-state index in [1.165, 1.54) is 12.1 Å². The summed E-state index contributed by atoms with van der Waals surface area (Å²) in [5.74, 6) is -0.259. The van der Waals surface area contributed by atoms with Gasteiger partial charge in [-0.3, -0.25) is 0 Å². The lowest BCUT2D eigenvalue weighted by molar-refractivity contribution is 0.0694. The van der Waals surface area contributed by atoms with Gasteiger partial charge in [0, 0.05) is 22.0 Å². The van der Waals surface area contributed by atoms with E-state index in [1.807, 2.05) is 20.8 Å². The number of benzene rings is 1. The molecule has 1 aromatic heterocycles. The highest BCUT2D eigenvalue weighted by Crippen LogP contribution is 2.31. The minimum absolute atomic E-state index is 0.00925. The highest BCUT2D eigenvalue weighted by molar-refractivity contribution is 7.07. The molecule has 0 saturated heterocycles. The second kappa shape index (κ2) is 5.38. The largest absolute Gasteiger partial charge is 0.478 e. The fourth-order valence-corrected chi connectivity index (χ4v) is 2.31. The number of carboxylic acids is 1. The SMILES string of the molecule is CC(C)(C)c1nsc(Oc2ccc(Cl)cc2C(=O)O)n1. The molecule has 2 rings (SSSR count). The Kier molecular flexibility index (Phi) is 3.96. The van der Waals surface area contributed by atoms with Crippen molar-refractivity contribution in [3.63, 3.8) is 0 Å². The fraction of sp³-hybridized carbons (Fsp3) is 0.308. The van der Waals surface area contributed by atoms with Crippen LogP contribution in [0.25, 0.3) is 0 Å². The molecule has 0 radical (unpaired) electrons. The lowest BCUT2D eigenvalue weighted by Crippen LogP contribution is -2.13. The van der Waals surface area contributed by atoms with Crippen molar-refractivity contribution in [1.29, 1.82) is 0 Å². The van der Waals surface area contributed by atoms with Crippen LogP contribution in [0.15, 0.2) is 18.2 Å². The van der Waals surface area contributed by atoms with Gasteiger partial charge in [-0.1, -0.05) is 32.4 Å². The number of rotatable bonds is 3. The smallest absolute Gasteiger partial charge is 0.339 e. The summed E-state index contributed by atoms with van der Waals surface area (Å²) in [7, 11) is 0. The number of aromatic carboxylic acids is 1. The molecule has 0 fully saturated rings. The van der Waals surface area contributed by atoms with Crippen molar-refractivity contribution >= 4 is 29.1 Å². The third kappa shape index (κ3) is 3.26. The second-order valence-electron chi connectivity index (χ2n) is 5.18. The van der Waals surface area contributed by atoms with E-state index in [2.05, 4.69) is 9.36 Å². The highest BCUT2D eigenvalue weighted by Gasteiger charge is 2.21. The lowest BCUT2D eigenvalue weighted by Gasteiger charge is -2.12. The summed E-state index contributed by atoms with van der Waals surface area (Å²) in [5.41, 5.74) is -0.196. The van der Waals surface area contributed by atoms with Crippen LogP contribution in [0.5, 0.6) is 10.9 Å². The second-order valence-corrected chi connectivity index (χ2v) is 6.33. The van der Waals surface area contributed by atoms with E-state index in [0.717, 1.165) is 11.5 Å². The molecule has 0 spiro atoms. The van der Waals surface area contributed by atoms with E-state index in [-0.39, 0.29) is 16.7 Å². The summed E-state index contributed by atoms with van der Waals surface area (Å²) in [5, 5.41) is 9.77. The average Bonchev–Trinajstić information content (AvgIpc) is 2.79. The van der Waals surface area contributed by atoms with Crippen molar-refractivity contribution in [2.75, 3.05) is 0 Å². The quantitative estimate of drug-likeness (QED) is 0.928. The van der Waals surface area contributed by atoms with E-state index < -0.39 is 5.97 Å². The minimum atomic E-state index is -1.11. The van der Waals surface area contributed by atoms with Gasteiger partial charge in [0.15, 0.2) is 5.82 Å². The number of carboxylic acid groups (broad SMARTS) is 1. The molecule has 0 aliphatic rings. The molecule has 5 nitrogen and oxygen atoms in total. The van der Waals surface area contributed by atoms with Crippen LogP contribution in [0, 0.1) is 0 Å². The zero-order valence-electron chi connectivity index (χ0n) is 11.2. The highest BCUT2D eigenvalue weighted by atomic mass is 35.5. The maximum Gasteiger partial charge on any atom is 0.339 e. The van der Waals surface area contributed by atoms with Crippen LogP contribution in [0.4, 0.5) is 0 Å². The molecule has 0 unspecified atom stereocenters. The van der Waals surface area contributed by atoms with Gasteiger partial charge in [-0.2, -0.15) is 9.36 Å². The van der Waals surface area contributed by atoms with Crippen LogP contribution in [0.2, 0.25) is 5.02 Å². The Hall–Kier alpha value is -1.66. The van der Waals surface area contributed by atoms with Crippen LogP contribution in [0.3, 0.4) is 0 Å². The van der Waals surface area contributed by atoms with Gasteiger partial charge in [-0.05, 0) is 18.2 Å². The summed E-state index contributed by atoms with van der Waals surface area (Å²) in [6.07, 6.45) is 0. The molecule has 1 heterocycles. The molecule has 106 valence electrons. The molecular formula is C13H13ClN2O3S. The molecule has 0 amide bonds. The van der Waals surface area contributed by atoms with Crippen molar-refractivity contribution in [3.05, 3.63) is 34.6 Å². The van der Waals surface area contributed by atoms with Crippen LogP contribution < -0.4 is 4.74 Å². The molecule has 0 aliphatic heterocycles. The number of halogens is 1. The fourth-order valence-electron chi connectivity index (χ4n) is 1.41. The zero-order chi connectivity index (χ0) is 14.9. The van der Waals surface area contributed by atoms with Gasteiger partial charge in [0.25, 0.3) is 5.19 Å². The number of carbonyl (C=O) groups is 1. The Morgan fingerprint density at radius 2 is 2.10 bits per heavy atom. The first-order chi connectivity index (χ1) is 9.27. The normalized spacial score (nSPS) is 11.4. The predicted molar refractivity (Wildman–Crippen MR) is 77.1 cm³/mol. The Morgan fingerprint density at radius 3 is 2.65 bits per heavy atom. The summed E-state index contributed by atoms with van der Waals surface area (Å²) in [6, 6.07) is 4.41. The Morgan fingerprint density at radius 1 is 1.40 bits per heavy atom. The van der Waals surface area contributed by atoms with E-state index in [4.69, 9.17) is 21.4 Å². The van der Waals surface area contributed by atoms with Crippen molar-refractivity contribution in [2.45, 2.75) is 26.2 Å². The maximum absolute atomic E-state index is 11.2. The summed E-state index contributed by atoms with van der Waals surface area (Å²) >= 11 is 6.87. The van der Waals surface area contributed by atoms with Crippen LogP contribution in [-0.4, -0.2) is 20.4 Å². The minimum Gasteiger partial charge on any atom is -0.478 e. The first-order valence-electron chi connectivity index (χ1n) is 5.82. The molecule has 0 atom stereocenters. The average molecular weight is 313 g/mol. The van der Waals surface area contributed by atoms with E-state index in [1.54, 1.807) is 6.07 Å². The molecule has 0 aliphatic carbocycles. The van der Waals surface area contributed by atoms with E-state index in [0.29, 0.717) is 16.0 Å². The van der Waals surface area contributed by atoms with Crippen LogP contribution in [-0.2, 0) is 5.41 Å². The zero-order valence-corrected chi connectivity index (χ0v) is 12.7. The van der Waals surface area contributed by atoms with Gasteiger partial charge in [0.1, 0.15) is 11.3 Å². The molecule has 7 heteroatoms. The number of aromatic nitrogens is 2. The number of ether oxygens (including phenoxy) is 1. The predicted octanol–water partition coefficient (Wildman–Crippen LogP) is 3.98. The standard InChI is InChI=1S/C13H13ClN2O3S/c1-13(2,3)11-15-12(20-16-11)19-9-5-4-7(14)6-8(9)10(17)18/h4-6H,1-3H3,(H,17,18). The third-order valence-electron chi connectivity index (χ3n) is 2.45. The monoisotopic (exact) mass is 312 g/mol. The molecule has 20 heavy (non-hydrogen) atoms. The Balaban J connectivity index is 2.31. The van der Waals surface area contributed by atoms with Gasteiger partial charge in [-0.15, -0.1) is 0 Å². The summed E-state index contributed by atoms with van der Waals surface area (Å²) in [6.45, 7) is 5.97. The Labute approximate surface area is 125 Å². The van der Waals surface area contributed by atoms with Gasteiger partial charge >= 0.3 is 5.97 Å². The van der Waals surface area contributed by atoms with Crippen LogP contribution >= 0.6 is 23.1 Å². The molecular weight excluding hydrogens is 300 g/mol. The Bertz CT molecular complexity index is 649. The lowest BCUT2D eigenvalue weighted by atomic mass is 9.96. The van der Waals surface area contributed by atoms with Gasteiger partial charge < -0.3 is 9.84 Å². The van der Waals surface area contributed by atoms with E-state index >= 15 is 0 Å². The first-order valence-corrected chi connectivity index (χ1v) is 6.97. The summed E-state index contributed by atoms with van der Waals surface area (Å²) < 4.78 is 9.71. The molecule has 1 aromatic carbocycles. The van der Waals surface area contributed by atoms with Crippen LogP contribution in [0.1, 0.15) is 37.0 Å². The molecule has 1 N–H and O–H groups in total. The van der Waals surface area contributed by atoms with Gasteiger partial charge in [0.05, 0.1) is 0 Å². The first kappa shape index (κ1) is 14.7. The number of nitrogens with zero attached hydrogens (tertiary/aromatic N) is 2. The molecule has 2 aromatic rings. The molecule has 0 bridgehead atoms. The van der Waals surface area contributed by atoms with Crippen molar-refractivity contribution in [3.8, 4) is 10.9 Å². The van der Waals surface area contributed by atoms with E-state index in [9.17, 15) is 4.79 Å². The third-order valence-corrected chi connectivity index (χ3v) is 3.28. The van der Waals surface area contributed by atoms with Gasteiger partial charge in [0.2, 0.25) is 0 Å².